The van der Waals surface area contributed by atoms with Crippen molar-refractivity contribution in [2.45, 2.75) is 25.2 Å². The molecular weight excluding hydrogens is 264 g/mol. The molecule has 0 saturated carbocycles. The van der Waals surface area contributed by atoms with Crippen molar-refractivity contribution in [1.82, 2.24) is 0 Å². The van der Waals surface area contributed by atoms with E-state index in [0.717, 1.165) is 0 Å². The Balaban J connectivity index is 0.000000693. The lowest BCUT2D eigenvalue weighted by atomic mass is 9.91. The van der Waals surface area contributed by atoms with Crippen molar-refractivity contribution >= 4 is 10.8 Å². The van der Waals surface area contributed by atoms with Gasteiger partial charge in [0.1, 0.15) is 0 Å². The zero-order valence-corrected chi connectivity index (χ0v) is 13.1. The van der Waals surface area contributed by atoms with Crippen molar-refractivity contribution in [2.75, 3.05) is 0 Å². The molecule has 2 unspecified atom stereocenters. The molecule has 1 aliphatic rings. The molecule has 22 heavy (non-hydrogen) atoms. The van der Waals surface area contributed by atoms with E-state index in [9.17, 15) is 0 Å². The highest BCUT2D eigenvalue weighted by atomic mass is 14.3. The van der Waals surface area contributed by atoms with Crippen LogP contribution in [-0.2, 0) is 0 Å². The zero-order valence-electron chi connectivity index (χ0n) is 13.1. The molecule has 0 aromatic heterocycles. The Bertz CT molecular complexity index is 785. The first-order valence-electron chi connectivity index (χ1n) is 7.90. The van der Waals surface area contributed by atoms with Gasteiger partial charge in [-0.1, -0.05) is 73.7 Å². The van der Waals surface area contributed by atoms with E-state index < -0.39 is 0 Å². The minimum atomic E-state index is 0.561. The van der Waals surface area contributed by atoms with E-state index >= 15 is 0 Å². The van der Waals surface area contributed by atoms with Crippen LogP contribution in [0.25, 0.3) is 10.8 Å². The van der Waals surface area contributed by atoms with E-state index in [1.807, 2.05) is 0 Å². The van der Waals surface area contributed by atoms with Crippen LogP contribution in [0.5, 0.6) is 0 Å². The third-order valence-electron chi connectivity index (χ3n) is 4.67. The summed E-state index contributed by atoms with van der Waals surface area (Å²) < 4.78 is 0. The summed E-state index contributed by atoms with van der Waals surface area (Å²) in [6.07, 6.45) is 1.23. The first kappa shape index (κ1) is 14.6. The lowest BCUT2D eigenvalue weighted by Gasteiger charge is -2.13. The van der Waals surface area contributed by atoms with Crippen LogP contribution >= 0.6 is 0 Å². The minimum Gasteiger partial charge on any atom is -0.106 e. The second-order valence-electron chi connectivity index (χ2n) is 5.92. The summed E-state index contributed by atoms with van der Waals surface area (Å²) >= 11 is 0. The Hall–Kier alpha value is -2.34. The van der Waals surface area contributed by atoms with Crippen LogP contribution in [0.1, 0.15) is 41.9 Å². The molecule has 0 saturated heterocycles. The Morgan fingerprint density at radius 3 is 2.18 bits per heavy atom. The summed E-state index contributed by atoms with van der Waals surface area (Å²) in [5.41, 5.74) is 4.52. The van der Waals surface area contributed by atoms with Gasteiger partial charge in [0.25, 0.3) is 0 Å². The van der Waals surface area contributed by atoms with E-state index in [1.54, 1.807) is 0 Å². The molecular formula is C22H22. The molecule has 2 atom stereocenters. The fourth-order valence-electron chi connectivity index (χ4n) is 3.62. The van der Waals surface area contributed by atoms with Gasteiger partial charge in [0.05, 0.1) is 0 Å². The molecule has 3 aromatic carbocycles. The van der Waals surface area contributed by atoms with Crippen molar-refractivity contribution < 1.29 is 0 Å². The molecule has 0 nitrogen and oxygen atoms in total. The van der Waals surface area contributed by atoms with Gasteiger partial charge in [0.2, 0.25) is 0 Å². The Morgan fingerprint density at radius 1 is 0.773 bits per heavy atom. The molecule has 0 radical (unpaired) electrons. The first-order valence-corrected chi connectivity index (χ1v) is 7.90. The maximum atomic E-state index is 3.00. The highest BCUT2D eigenvalue weighted by Gasteiger charge is 2.28. The summed E-state index contributed by atoms with van der Waals surface area (Å²) in [4.78, 5) is 0. The topological polar surface area (TPSA) is 0 Å². The largest absolute Gasteiger partial charge is 0.106 e. The second-order valence-corrected chi connectivity index (χ2v) is 5.92. The predicted octanol–water partition coefficient (Wildman–Crippen LogP) is 6.28. The average molecular weight is 286 g/mol. The van der Waals surface area contributed by atoms with Crippen LogP contribution in [0.2, 0.25) is 0 Å². The SMILES string of the molecule is C=C.CC1CC(c2ccc3ccccc3c2)c2ccccc21. The summed E-state index contributed by atoms with van der Waals surface area (Å²) in [6, 6.07) is 24.5. The van der Waals surface area contributed by atoms with E-state index in [0.29, 0.717) is 11.8 Å². The van der Waals surface area contributed by atoms with Crippen molar-refractivity contribution in [2.24, 2.45) is 0 Å². The van der Waals surface area contributed by atoms with Crippen LogP contribution in [0.15, 0.2) is 79.9 Å². The van der Waals surface area contributed by atoms with Gasteiger partial charge >= 0.3 is 0 Å². The van der Waals surface area contributed by atoms with E-state index in [1.165, 1.54) is 33.9 Å². The fraction of sp³-hybridized carbons (Fsp3) is 0.182. The maximum absolute atomic E-state index is 3.00. The third-order valence-corrected chi connectivity index (χ3v) is 4.67. The van der Waals surface area contributed by atoms with Crippen molar-refractivity contribution in [3.8, 4) is 0 Å². The molecule has 3 aromatic rings. The standard InChI is InChI=1S/C20H18.C2H4/c1-14-12-20(19-9-5-4-8-18(14)19)17-11-10-15-6-2-3-7-16(15)13-17;1-2/h2-11,13-14,20H,12H2,1H3;1-2H2. The summed E-state index contributed by atoms with van der Waals surface area (Å²) in [5.74, 6) is 1.23. The monoisotopic (exact) mass is 286 g/mol. The van der Waals surface area contributed by atoms with Gasteiger partial charge < -0.3 is 0 Å². The van der Waals surface area contributed by atoms with Crippen LogP contribution < -0.4 is 0 Å². The molecule has 0 fully saturated rings. The fourth-order valence-corrected chi connectivity index (χ4v) is 3.62. The Kier molecular flexibility index (Phi) is 4.11. The van der Waals surface area contributed by atoms with Crippen LogP contribution in [0.3, 0.4) is 0 Å². The van der Waals surface area contributed by atoms with Gasteiger partial charge in [-0.2, -0.15) is 0 Å². The van der Waals surface area contributed by atoms with Crippen LogP contribution in [0, 0.1) is 0 Å². The minimum absolute atomic E-state index is 0.561. The summed E-state index contributed by atoms with van der Waals surface area (Å²) in [6.45, 7) is 8.35. The lowest BCUT2D eigenvalue weighted by molar-refractivity contribution is 0.687. The summed E-state index contributed by atoms with van der Waals surface area (Å²) in [5, 5.41) is 2.68. The molecule has 0 spiro atoms. The van der Waals surface area contributed by atoms with Gasteiger partial charge in [-0.05, 0) is 39.8 Å². The van der Waals surface area contributed by atoms with Gasteiger partial charge in [0.15, 0.2) is 0 Å². The number of benzene rings is 3. The maximum Gasteiger partial charge on any atom is 0.00981 e. The van der Waals surface area contributed by atoms with Crippen molar-refractivity contribution in [3.05, 3.63) is 96.6 Å². The predicted molar refractivity (Wildman–Crippen MR) is 96.5 cm³/mol. The van der Waals surface area contributed by atoms with Gasteiger partial charge in [-0.25, -0.2) is 0 Å². The van der Waals surface area contributed by atoms with Gasteiger partial charge in [-0.15, -0.1) is 13.2 Å². The van der Waals surface area contributed by atoms with E-state index in [2.05, 4.69) is 86.8 Å². The molecule has 1 aliphatic carbocycles. The van der Waals surface area contributed by atoms with E-state index in [4.69, 9.17) is 0 Å². The lowest BCUT2D eigenvalue weighted by Crippen LogP contribution is -1.96. The van der Waals surface area contributed by atoms with Crippen molar-refractivity contribution in [3.63, 3.8) is 0 Å². The number of hydrogen-bond donors (Lipinski definition) is 0. The normalized spacial score (nSPS) is 19.3. The highest BCUT2D eigenvalue weighted by molar-refractivity contribution is 5.83. The van der Waals surface area contributed by atoms with Crippen molar-refractivity contribution in [1.29, 1.82) is 0 Å². The Morgan fingerprint density at radius 2 is 1.41 bits per heavy atom. The Labute approximate surface area is 133 Å². The first-order chi connectivity index (χ1) is 10.8. The molecule has 0 amide bonds. The molecule has 0 heteroatoms. The number of fused-ring (bicyclic) bond motifs is 2. The van der Waals surface area contributed by atoms with E-state index in [-0.39, 0.29) is 0 Å². The quantitative estimate of drug-likeness (QED) is 0.462. The smallest absolute Gasteiger partial charge is 0.00981 e. The molecule has 0 heterocycles. The molecule has 4 rings (SSSR count). The number of rotatable bonds is 1. The second kappa shape index (κ2) is 6.19. The molecule has 0 N–H and O–H groups in total. The summed E-state index contributed by atoms with van der Waals surface area (Å²) in [7, 11) is 0. The van der Waals surface area contributed by atoms with Crippen LogP contribution in [0.4, 0.5) is 0 Å². The average Bonchev–Trinajstić information content (AvgIpc) is 2.94. The third kappa shape index (κ3) is 2.46. The van der Waals surface area contributed by atoms with Gasteiger partial charge in [-0.3, -0.25) is 0 Å². The number of hydrogen-bond acceptors (Lipinski definition) is 0. The molecule has 110 valence electrons. The highest BCUT2D eigenvalue weighted by Crippen LogP contribution is 2.45. The molecule has 0 bridgehead atoms. The van der Waals surface area contributed by atoms with Gasteiger partial charge in [0, 0.05) is 5.92 Å². The molecule has 0 aliphatic heterocycles. The zero-order chi connectivity index (χ0) is 15.5. The van der Waals surface area contributed by atoms with Crippen LogP contribution in [-0.4, -0.2) is 0 Å².